The molecule has 1 nitrogen and oxygen atoms in total. The van der Waals surface area contributed by atoms with Gasteiger partial charge in [0.25, 0.3) is 0 Å². The maximum atomic E-state index is 12.8. The van der Waals surface area contributed by atoms with Crippen LogP contribution in [0.3, 0.4) is 0 Å². The number of carbonyl (C=O) groups excluding carboxylic acids is 1. The molecular weight excluding hydrogens is 264 g/mol. The number of rotatable bonds is 6. The van der Waals surface area contributed by atoms with Crippen molar-refractivity contribution in [2.75, 3.05) is 12.0 Å². The van der Waals surface area contributed by atoms with Crippen LogP contribution in [0.15, 0.2) is 60.7 Å². The molecule has 0 bridgehead atoms. The molecule has 0 spiro atoms. The lowest BCUT2D eigenvalue weighted by molar-refractivity contribution is -0.122. The average Bonchev–Trinajstić information content (AvgIpc) is 2.53. The van der Waals surface area contributed by atoms with E-state index in [1.807, 2.05) is 43.3 Å². The van der Waals surface area contributed by atoms with E-state index < -0.39 is 5.41 Å². The van der Waals surface area contributed by atoms with Gasteiger partial charge < -0.3 is 0 Å². The van der Waals surface area contributed by atoms with E-state index in [-0.39, 0.29) is 5.78 Å². The molecule has 104 valence electrons. The predicted octanol–water partition coefficient (Wildman–Crippen LogP) is 4.31. The van der Waals surface area contributed by atoms with E-state index in [4.69, 9.17) is 0 Å². The first-order valence-electron chi connectivity index (χ1n) is 6.89. The Bertz CT molecular complexity index is 509. The van der Waals surface area contributed by atoms with E-state index in [1.54, 1.807) is 11.8 Å². The first-order chi connectivity index (χ1) is 9.75. The molecule has 2 rings (SSSR count). The highest BCUT2D eigenvalue weighted by molar-refractivity contribution is 7.98. The molecule has 2 heteroatoms. The molecule has 0 saturated heterocycles. The summed E-state index contributed by atoms with van der Waals surface area (Å²) in [6, 6.07) is 20.3. The fourth-order valence-electron chi connectivity index (χ4n) is 2.70. The number of benzene rings is 2. The molecule has 0 atom stereocenters. The molecule has 2 aromatic rings. The first kappa shape index (κ1) is 14.9. The Balaban J connectivity index is 2.66. The van der Waals surface area contributed by atoms with Crippen LogP contribution >= 0.6 is 11.8 Å². The monoisotopic (exact) mass is 284 g/mol. The summed E-state index contributed by atoms with van der Waals surface area (Å²) in [6.07, 6.45) is 2.61. The maximum absolute atomic E-state index is 12.8. The molecule has 0 aliphatic heterocycles. The lowest BCUT2D eigenvalue weighted by atomic mass is 9.72. The van der Waals surface area contributed by atoms with Crippen LogP contribution in [0.5, 0.6) is 0 Å². The predicted molar refractivity (Wildman–Crippen MR) is 87.3 cm³/mol. The Hall–Kier alpha value is -1.54. The summed E-state index contributed by atoms with van der Waals surface area (Å²) in [7, 11) is 0. The zero-order valence-electron chi connectivity index (χ0n) is 12.0. The van der Waals surface area contributed by atoms with Crippen molar-refractivity contribution in [2.24, 2.45) is 0 Å². The highest BCUT2D eigenvalue weighted by Gasteiger charge is 2.39. The second-order valence-corrected chi connectivity index (χ2v) is 5.71. The molecule has 0 aliphatic carbocycles. The van der Waals surface area contributed by atoms with Crippen LogP contribution < -0.4 is 0 Å². The molecule has 20 heavy (non-hydrogen) atoms. The van der Waals surface area contributed by atoms with Gasteiger partial charge in [-0.1, -0.05) is 67.6 Å². The molecule has 0 unspecified atom stereocenters. The third-order valence-corrected chi connectivity index (χ3v) is 4.41. The Morgan fingerprint density at radius 2 is 1.40 bits per heavy atom. The van der Waals surface area contributed by atoms with Crippen molar-refractivity contribution in [3.05, 3.63) is 71.8 Å². The van der Waals surface area contributed by atoms with Crippen LogP contribution in [0.25, 0.3) is 0 Å². The third kappa shape index (κ3) is 2.66. The second kappa shape index (κ2) is 6.76. The smallest absolute Gasteiger partial charge is 0.148 e. The topological polar surface area (TPSA) is 17.1 Å². The number of thioether (sulfide) groups is 1. The standard InChI is InChI=1S/C18H20OS/c1-3-17(19)18(14-20-2,15-10-6-4-7-11-15)16-12-8-5-9-13-16/h4-13H,3,14H2,1-2H3. The van der Waals surface area contributed by atoms with Crippen LogP contribution in [0.1, 0.15) is 24.5 Å². The van der Waals surface area contributed by atoms with Crippen molar-refractivity contribution in [1.29, 1.82) is 0 Å². The van der Waals surface area contributed by atoms with Gasteiger partial charge in [0.05, 0.1) is 5.41 Å². The van der Waals surface area contributed by atoms with Crippen molar-refractivity contribution in [1.82, 2.24) is 0 Å². The van der Waals surface area contributed by atoms with Gasteiger partial charge in [0.2, 0.25) is 0 Å². The lowest BCUT2D eigenvalue weighted by Crippen LogP contribution is -2.39. The van der Waals surface area contributed by atoms with Gasteiger partial charge in [-0.05, 0) is 17.4 Å². The zero-order valence-corrected chi connectivity index (χ0v) is 12.8. The van der Waals surface area contributed by atoms with E-state index in [9.17, 15) is 4.79 Å². The summed E-state index contributed by atoms with van der Waals surface area (Å²) in [5, 5.41) is 0. The second-order valence-electron chi connectivity index (χ2n) is 4.85. The van der Waals surface area contributed by atoms with E-state index >= 15 is 0 Å². The Labute approximate surface area is 125 Å². The number of Topliss-reactive ketones (excluding diaryl/α,β-unsaturated/α-hetero) is 1. The summed E-state index contributed by atoms with van der Waals surface area (Å²) in [5.74, 6) is 1.05. The summed E-state index contributed by atoms with van der Waals surface area (Å²) in [4.78, 5) is 12.8. The van der Waals surface area contributed by atoms with Crippen molar-refractivity contribution >= 4 is 17.5 Å². The van der Waals surface area contributed by atoms with Crippen molar-refractivity contribution < 1.29 is 4.79 Å². The summed E-state index contributed by atoms with van der Waals surface area (Å²) < 4.78 is 0. The van der Waals surface area contributed by atoms with Crippen LogP contribution in [-0.4, -0.2) is 17.8 Å². The molecule has 0 amide bonds. The van der Waals surface area contributed by atoms with Gasteiger partial charge in [-0.2, -0.15) is 11.8 Å². The number of hydrogen-bond donors (Lipinski definition) is 0. The Kier molecular flexibility index (Phi) is 5.02. The van der Waals surface area contributed by atoms with Crippen LogP contribution in [0.4, 0.5) is 0 Å². The van der Waals surface area contributed by atoms with Gasteiger partial charge >= 0.3 is 0 Å². The van der Waals surface area contributed by atoms with E-state index in [1.165, 1.54) is 0 Å². The first-order valence-corrected chi connectivity index (χ1v) is 8.28. The molecule has 0 heterocycles. The third-order valence-electron chi connectivity index (χ3n) is 3.69. The van der Waals surface area contributed by atoms with Gasteiger partial charge in [-0.15, -0.1) is 0 Å². The highest BCUT2D eigenvalue weighted by Crippen LogP contribution is 2.37. The van der Waals surface area contributed by atoms with Crippen LogP contribution in [-0.2, 0) is 10.2 Å². The largest absolute Gasteiger partial charge is 0.298 e. The van der Waals surface area contributed by atoms with Crippen molar-refractivity contribution in [3.63, 3.8) is 0 Å². The van der Waals surface area contributed by atoms with E-state index in [0.29, 0.717) is 6.42 Å². The summed E-state index contributed by atoms with van der Waals surface area (Å²) in [5.41, 5.74) is 1.65. The molecule has 0 radical (unpaired) electrons. The van der Waals surface area contributed by atoms with E-state index in [2.05, 4.69) is 30.5 Å². The molecule has 2 aromatic carbocycles. The molecule has 0 saturated carbocycles. The molecule has 0 aliphatic rings. The van der Waals surface area contributed by atoms with Crippen molar-refractivity contribution in [2.45, 2.75) is 18.8 Å². The number of ketones is 1. The molecule has 0 N–H and O–H groups in total. The molecule has 0 fully saturated rings. The van der Waals surface area contributed by atoms with Crippen LogP contribution in [0, 0.1) is 0 Å². The fraction of sp³-hybridized carbons (Fsp3) is 0.278. The fourth-order valence-corrected chi connectivity index (χ4v) is 3.63. The number of hydrogen-bond acceptors (Lipinski definition) is 2. The van der Waals surface area contributed by atoms with Gasteiger partial charge in [0.1, 0.15) is 5.78 Å². The lowest BCUT2D eigenvalue weighted by Gasteiger charge is -2.33. The summed E-state index contributed by atoms with van der Waals surface area (Å²) >= 11 is 1.72. The van der Waals surface area contributed by atoms with Gasteiger partial charge in [0.15, 0.2) is 0 Å². The Morgan fingerprint density at radius 1 is 0.950 bits per heavy atom. The van der Waals surface area contributed by atoms with Gasteiger partial charge in [0, 0.05) is 12.2 Å². The normalized spacial score (nSPS) is 11.3. The zero-order chi connectivity index (χ0) is 14.4. The minimum Gasteiger partial charge on any atom is -0.298 e. The Morgan fingerprint density at radius 3 is 1.75 bits per heavy atom. The van der Waals surface area contributed by atoms with Crippen LogP contribution in [0.2, 0.25) is 0 Å². The molecular formula is C18H20OS. The maximum Gasteiger partial charge on any atom is 0.148 e. The minimum absolute atomic E-state index is 0.282. The quantitative estimate of drug-likeness (QED) is 0.786. The van der Waals surface area contributed by atoms with Crippen molar-refractivity contribution in [3.8, 4) is 0 Å². The minimum atomic E-state index is -0.531. The SMILES string of the molecule is CCC(=O)C(CSC)(c1ccccc1)c1ccccc1. The van der Waals surface area contributed by atoms with E-state index in [0.717, 1.165) is 16.9 Å². The van der Waals surface area contributed by atoms with Gasteiger partial charge in [-0.3, -0.25) is 4.79 Å². The highest BCUT2D eigenvalue weighted by atomic mass is 32.2. The average molecular weight is 284 g/mol. The van der Waals surface area contributed by atoms with Gasteiger partial charge in [-0.25, -0.2) is 0 Å². The number of carbonyl (C=O) groups is 1. The molecule has 0 aromatic heterocycles. The summed E-state index contributed by atoms with van der Waals surface area (Å²) in [6.45, 7) is 1.95.